The van der Waals surface area contributed by atoms with Crippen molar-refractivity contribution in [1.29, 1.82) is 0 Å². The Morgan fingerprint density at radius 3 is 0.862 bits per heavy atom. The minimum Gasteiger partial charge on any atom is -0.311 e. The van der Waals surface area contributed by atoms with Gasteiger partial charge in [0.15, 0.2) is 0 Å². The minimum atomic E-state index is 1.10. The second-order valence-electron chi connectivity index (χ2n) is 14.6. The van der Waals surface area contributed by atoms with Crippen molar-refractivity contribution in [2.75, 3.05) is 4.90 Å². The van der Waals surface area contributed by atoms with Crippen LogP contribution >= 0.6 is 11.3 Å². The van der Waals surface area contributed by atoms with Crippen LogP contribution in [0.5, 0.6) is 0 Å². The standard InChI is InChI=1S/C56H39NS/c1-3-9-40(10-4-1)42-15-19-44(20-16-42)47-27-33-52(34-28-47)57(53-35-29-48(30-36-53)45-21-17-43(18-22-45)41-11-5-2-6-12-41)54-37-31-49(32-38-54)46-23-25-50(26-24-46)56-39-51-13-7-8-14-55(51)58-56/h1-39H. The van der Waals surface area contributed by atoms with Crippen LogP contribution in [0.3, 0.4) is 0 Å². The van der Waals surface area contributed by atoms with Crippen molar-refractivity contribution >= 4 is 38.5 Å². The van der Waals surface area contributed by atoms with Crippen LogP contribution in [0, 0.1) is 0 Å². The van der Waals surface area contributed by atoms with Gasteiger partial charge in [0, 0.05) is 26.6 Å². The lowest BCUT2D eigenvalue weighted by Gasteiger charge is -2.26. The highest BCUT2D eigenvalue weighted by Crippen LogP contribution is 2.39. The third kappa shape index (κ3) is 7.25. The van der Waals surface area contributed by atoms with E-state index < -0.39 is 0 Å². The Kier molecular flexibility index (Phi) is 9.52. The molecule has 10 aromatic rings. The maximum absolute atomic E-state index is 2.35. The van der Waals surface area contributed by atoms with Gasteiger partial charge in [-0.1, -0.05) is 188 Å². The number of anilines is 3. The third-order valence-corrected chi connectivity index (χ3v) is 12.1. The van der Waals surface area contributed by atoms with E-state index in [1.807, 2.05) is 11.3 Å². The second-order valence-corrected chi connectivity index (χ2v) is 15.7. The normalized spacial score (nSPS) is 11.1. The summed E-state index contributed by atoms with van der Waals surface area (Å²) in [6, 6.07) is 85.4. The van der Waals surface area contributed by atoms with Gasteiger partial charge in [-0.25, -0.2) is 0 Å². The third-order valence-electron chi connectivity index (χ3n) is 11.0. The van der Waals surface area contributed by atoms with Crippen LogP contribution in [0.25, 0.3) is 76.2 Å². The van der Waals surface area contributed by atoms with Crippen molar-refractivity contribution in [2.45, 2.75) is 0 Å². The molecule has 2 heteroatoms. The maximum Gasteiger partial charge on any atom is 0.0462 e. The predicted octanol–water partition coefficient (Wildman–Crippen LogP) is 16.4. The zero-order valence-corrected chi connectivity index (χ0v) is 32.7. The van der Waals surface area contributed by atoms with Crippen LogP contribution < -0.4 is 4.90 Å². The topological polar surface area (TPSA) is 3.24 Å². The zero-order valence-electron chi connectivity index (χ0n) is 31.9. The average Bonchev–Trinajstić information content (AvgIpc) is 3.75. The van der Waals surface area contributed by atoms with Crippen LogP contribution in [0.2, 0.25) is 0 Å². The quantitative estimate of drug-likeness (QED) is 0.142. The number of thiophene rings is 1. The molecule has 0 N–H and O–H groups in total. The van der Waals surface area contributed by atoms with E-state index in [1.54, 1.807) is 0 Å². The largest absolute Gasteiger partial charge is 0.311 e. The molecule has 0 spiro atoms. The summed E-state index contributed by atoms with van der Waals surface area (Å²) in [5.41, 5.74) is 16.6. The highest BCUT2D eigenvalue weighted by Gasteiger charge is 2.15. The Hall–Kier alpha value is -7.26. The first kappa shape index (κ1) is 35.2. The molecule has 0 bridgehead atoms. The number of benzene rings is 9. The number of nitrogens with zero attached hydrogens (tertiary/aromatic N) is 1. The second kappa shape index (κ2) is 15.7. The summed E-state index contributed by atoms with van der Waals surface area (Å²) in [6.45, 7) is 0. The molecule has 0 amide bonds. The zero-order chi connectivity index (χ0) is 38.7. The van der Waals surface area contributed by atoms with E-state index in [-0.39, 0.29) is 0 Å². The fourth-order valence-corrected chi connectivity index (χ4v) is 8.85. The number of hydrogen-bond acceptors (Lipinski definition) is 2. The van der Waals surface area contributed by atoms with Gasteiger partial charge < -0.3 is 4.90 Å². The molecule has 1 aromatic heterocycles. The van der Waals surface area contributed by atoms with Crippen molar-refractivity contribution < 1.29 is 0 Å². The van der Waals surface area contributed by atoms with Gasteiger partial charge in [0.2, 0.25) is 0 Å². The lowest BCUT2D eigenvalue weighted by Crippen LogP contribution is -2.09. The molecule has 0 aliphatic heterocycles. The Labute approximate surface area is 344 Å². The molecule has 1 nitrogen and oxygen atoms in total. The average molecular weight is 758 g/mol. The Morgan fingerprint density at radius 2 is 0.517 bits per heavy atom. The smallest absolute Gasteiger partial charge is 0.0462 e. The highest BCUT2D eigenvalue weighted by molar-refractivity contribution is 7.22. The van der Waals surface area contributed by atoms with Crippen molar-refractivity contribution in [3.05, 3.63) is 237 Å². The minimum absolute atomic E-state index is 1.10. The summed E-state index contributed by atoms with van der Waals surface area (Å²) < 4.78 is 1.32. The van der Waals surface area contributed by atoms with Crippen LogP contribution in [0.15, 0.2) is 237 Å². The van der Waals surface area contributed by atoms with Gasteiger partial charge in [0.25, 0.3) is 0 Å². The molecule has 0 aliphatic rings. The van der Waals surface area contributed by atoms with E-state index in [0.29, 0.717) is 0 Å². The summed E-state index contributed by atoms with van der Waals surface area (Å²) in [7, 11) is 0. The van der Waals surface area contributed by atoms with Crippen LogP contribution in [0.1, 0.15) is 0 Å². The van der Waals surface area contributed by atoms with Crippen molar-refractivity contribution in [2.24, 2.45) is 0 Å². The molecule has 0 saturated carbocycles. The van der Waals surface area contributed by atoms with Crippen LogP contribution in [0.4, 0.5) is 17.1 Å². The molecule has 0 unspecified atom stereocenters. The molecular weight excluding hydrogens is 719 g/mol. The van der Waals surface area contributed by atoms with E-state index in [9.17, 15) is 0 Å². The Morgan fingerprint density at radius 1 is 0.241 bits per heavy atom. The molecule has 58 heavy (non-hydrogen) atoms. The summed E-state index contributed by atoms with van der Waals surface area (Å²) >= 11 is 1.85. The van der Waals surface area contributed by atoms with Gasteiger partial charge >= 0.3 is 0 Å². The van der Waals surface area contributed by atoms with Crippen molar-refractivity contribution in [1.82, 2.24) is 0 Å². The van der Waals surface area contributed by atoms with Crippen molar-refractivity contribution in [3.8, 4) is 66.1 Å². The van der Waals surface area contributed by atoms with E-state index >= 15 is 0 Å². The molecule has 274 valence electrons. The van der Waals surface area contributed by atoms with Gasteiger partial charge in [-0.2, -0.15) is 0 Å². The summed E-state index contributed by atoms with van der Waals surface area (Å²) in [5, 5.41) is 1.30. The fraction of sp³-hybridized carbons (Fsp3) is 0. The molecule has 10 rings (SSSR count). The Bertz CT molecular complexity index is 2750. The van der Waals surface area contributed by atoms with Crippen LogP contribution in [-0.2, 0) is 0 Å². The number of hydrogen-bond donors (Lipinski definition) is 0. The number of fused-ring (bicyclic) bond motifs is 1. The first-order valence-electron chi connectivity index (χ1n) is 19.7. The fourth-order valence-electron chi connectivity index (χ4n) is 7.78. The molecule has 0 aliphatic carbocycles. The molecule has 0 saturated heterocycles. The van der Waals surface area contributed by atoms with Gasteiger partial charge in [-0.15, -0.1) is 11.3 Å². The first-order chi connectivity index (χ1) is 28.7. The van der Waals surface area contributed by atoms with Gasteiger partial charge in [0.1, 0.15) is 0 Å². The first-order valence-corrected chi connectivity index (χ1v) is 20.5. The van der Waals surface area contributed by atoms with E-state index in [2.05, 4.69) is 241 Å². The van der Waals surface area contributed by atoms with Crippen molar-refractivity contribution in [3.63, 3.8) is 0 Å². The van der Waals surface area contributed by atoms with E-state index in [1.165, 1.54) is 76.2 Å². The summed E-state index contributed by atoms with van der Waals surface area (Å²) in [4.78, 5) is 3.64. The Balaban J connectivity index is 0.945. The predicted molar refractivity (Wildman–Crippen MR) is 249 cm³/mol. The van der Waals surface area contributed by atoms with Gasteiger partial charge in [0.05, 0.1) is 0 Å². The van der Waals surface area contributed by atoms with Gasteiger partial charge in [-0.3, -0.25) is 0 Å². The molecule has 1 heterocycles. The molecule has 0 fully saturated rings. The maximum atomic E-state index is 2.35. The van der Waals surface area contributed by atoms with Crippen LogP contribution in [-0.4, -0.2) is 0 Å². The molecule has 0 atom stereocenters. The van der Waals surface area contributed by atoms with E-state index in [4.69, 9.17) is 0 Å². The molecule has 9 aromatic carbocycles. The number of rotatable bonds is 9. The summed E-state index contributed by atoms with van der Waals surface area (Å²) in [6.07, 6.45) is 0. The monoisotopic (exact) mass is 757 g/mol. The molecular formula is C56H39NS. The highest BCUT2D eigenvalue weighted by atomic mass is 32.1. The SMILES string of the molecule is c1ccc(-c2ccc(-c3ccc(N(c4ccc(-c5ccc(-c6ccccc6)cc5)cc4)c4ccc(-c5ccc(-c6cc7ccccc7s6)cc5)cc4)cc3)cc2)cc1. The lowest BCUT2D eigenvalue weighted by molar-refractivity contribution is 1.28. The lowest BCUT2D eigenvalue weighted by atomic mass is 9.99. The molecule has 0 radical (unpaired) electrons. The van der Waals surface area contributed by atoms with Gasteiger partial charge in [-0.05, 0) is 115 Å². The summed E-state index contributed by atoms with van der Waals surface area (Å²) in [5.74, 6) is 0. The van der Waals surface area contributed by atoms with E-state index in [0.717, 1.165) is 17.1 Å².